The van der Waals surface area contributed by atoms with Crippen LogP contribution in [0.25, 0.3) is 22.1 Å². The summed E-state index contributed by atoms with van der Waals surface area (Å²) in [6, 6.07) is 14.8. The smallest absolute Gasteiger partial charge is 0.320 e. The molecule has 29 heavy (non-hydrogen) atoms. The Balaban J connectivity index is 0.00000140. The van der Waals surface area contributed by atoms with E-state index in [2.05, 4.69) is 19.9 Å². The molecule has 0 amide bonds. The van der Waals surface area contributed by atoms with Crippen LogP contribution in [0.1, 0.15) is 18.6 Å². The first-order valence-electron chi connectivity index (χ1n) is 8.44. The molecule has 0 aliphatic carbocycles. The number of nitrogens with one attached hydrogen (secondary N) is 2. The van der Waals surface area contributed by atoms with Gasteiger partial charge in [-0.1, -0.05) is 24.3 Å². The van der Waals surface area contributed by atoms with E-state index in [4.69, 9.17) is 0 Å². The first-order chi connectivity index (χ1) is 12.6. The Bertz CT molecular complexity index is 940. The van der Waals surface area contributed by atoms with E-state index in [1.165, 1.54) is 0 Å². The minimum absolute atomic E-state index is 0. The van der Waals surface area contributed by atoms with Crippen LogP contribution in [-0.4, -0.2) is 42.0 Å². The van der Waals surface area contributed by atoms with Gasteiger partial charge in [-0.05, 0) is 31.2 Å². The van der Waals surface area contributed by atoms with Crippen LogP contribution in [0.5, 0.6) is 0 Å². The van der Waals surface area contributed by atoms with Gasteiger partial charge in [0.2, 0.25) is 0 Å². The van der Waals surface area contributed by atoms with Gasteiger partial charge in [-0.2, -0.15) is 0 Å². The van der Waals surface area contributed by atoms with Gasteiger partial charge in [-0.3, -0.25) is 9.69 Å². The summed E-state index contributed by atoms with van der Waals surface area (Å²) in [6.07, 6.45) is 0. The summed E-state index contributed by atoms with van der Waals surface area (Å²) in [5.41, 5.74) is 3.62. The Morgan fingerprint density at radius 3 is 1.69 bits per heavy atom. The highest BCUT2D eigenvalue weighted by molar-refractivity contribution is 5.86. The highest BCUT2D eigenvalue weighted by atomic mass is 35.5. The number of hydrogen-bond donors (Lipinski definition) is 3. The fourth-order valence-electron chi connectivity index (χ4n) is 3.03. The van der Waals surface area contributed by atoms with Gasteiger partial charge in [0.25, 0.3) is 0 Å². The van der Waals surface area contributed by atoms with Crippen LogP contribution >= 0.6 is 37.2 Å². The number of aliphatic carboxylic acids is 1. The van der Waals surface area contributed by atoms with Crippen molar-refractivity contribution in [3.8, 4) is 0 Å². The zero-order valence-corrected chi connectivity index (χ0v) is 18.0. The fraction of sp³-hybridized carbons (Fsp3) is 0.211. The molecular formula is C19H22Cl3N5O2. The Hall–Kier alpha value is -2.32. The largest absolute Gasteiger partial charge is 0.480 e. The normalized spacial score (nSPS) is 11.5. The molecule has 4 aromatic rings. The van der Waals surface area contributed by atoms with E-state index in [1.54, 1.807) is 6.92 Å². The number of rotatable bonds is 6. The van der Waals surface area contributed by atoms with Gasteiger partial charge >= 0.3 is 5.97 Å². The Kier molecular flexibility index (Phi) is 8.91. The molecule has 10 heteroatoms. The molecule has 3 N–H and O–H groups in total. The van der Waals surface area contributed by atoms with Gasteiger partial charge in [-0.15, -0.1) is 37.2 Å². The molecule has 0 spiro atoms. The highest BCUT2D eigenvalue weighted by Gasteiger charge is 2.23. The number of benzene rings is 2. The zero-order valence-electron chi connectivity index (χ0n) is 15.5. The van der Waals surface area contributed by atoms with Crippen LogP contribution in [-0.2, 0) is 17.9 Å². The second-order valence-corrected chi connectivity index (χ2v) is 6.32. The summed E-state index contributed by atoms with van der Waals surface area (Å²) in [6.45, 7) is 2.45. The van der Waals surface area contributed by atoms with Crippen molar-refractivity contribution in [2.24, 2.45) is 0 Å². The predicted molar refractivity (Wildman–Crippen MR) is 120 cm³/mol. The van der Waals surface area contributed by atoms with Gasteiger partial charge < -0.3 is 15.1 Å². The van der Waals surface area contributed by atoms with Crippen molar-refractivity contribution < 1.29 is 9.90 Å². The summed E-state index contributed by atoms with van der Waals surface area (Å²) in [5, 5.41) is 9.49. The first-order valence-corrected chi connectivity index (χ1v) is 8.44. The lowest BCUT2D eigenvalue weighted by Gasteiger charge is -2.24. The van der Waals surface area contributed by atoms with E-state index < -0.39 is 12.0 Å². The minimum Gasteiger partial charge on any atom is -0.480 e. The number of imidazole rings is 2. The van der Waals surface area contributed by atoms with Crippen molar-refractivity contribution in [2.45, 2.75) is 26.1 Å². The predicted octanol–water partition coefficient (Wildman–Crippen LogP) is 4.18. The van der Waals surface area contributed by atoms with E-state index in [9.17, 15) is 9.90 Å². The van der Waals surface area contributed by atoms with E-state index in [-0.39, 0.29) is 37.2 Å². The van der Waals surface area contributed by atoms with Crippen LogP contribution in [0.4, 0.5) is 0 Å². The van der Waals surface area contributed by atoms with E-state index in [0.717, 1.165) is 33.7 Å². The maximum Gasteiger partial charge on any atom is 0.320 e. The lowest BCUT2D eigenvalue weighted by molar-refractivity contribution is -0.143. The summed E-state index contributed by atoms with van der Waals surface area (Å²) in [7, 11) is 0. The molecule has 1 atom stereocenters. The number of hydrogen-bond acceptors (Lipinski definition) is 4. The van der Waals surface area contributed by atoms with Gasteiger partial charge in [0, 0.05) is 0 Å². The van der Waals surface area contributed by atoms with Crippen molar-refractivity contribution in [2.75, 3.05) is 0 Å². The zero-order chi connectivity index (χ0) is 18.1. The number of para-hydroxylation sites is 4. The summed E-state index contributed by atoms with van der Waals surface area (Å²) in [5.74, 6) is 0.586. The summed E-state index contributed by atoms with van der Waals surface area (Å²) < 4.78 is 0. The van der Waals surface area contributed by atoms with Crippen molar-refractivity contribution in [1.82, 2.24) is 24.8 Å². The highest BCUT2D eigenvalue weighted by Crippen LogP contribution is 2.17. The molecule has 0 saturated heterocycles. The number of aromatic amines is 2. The maximum absolute atomic E-state index is 11.6. The standard InChI is InChI=1S/C19H19N5O2.3ClH/c1-12(19(25)26)24(10-17-20-13-6-2-3-7-14(13)21-17)11-18-22-15-8-4-5-9-16(15)23-18;;;/h2-9,12H,10-11H2,1H3,(H,20,21)(H,22,23)(H,25,26);3*1H. The molecule has 7 nitrogen and oxygen atoms in total. The monoisotopic (exact) mass is 457 g/mol. The molecule has 0 radical (unpaired) electrons. The molecule has 0 fully saturated rings. The molecule has 0 aliphatic heterocycles. The number of carboxylic acids is 1. The molecule has 0 saturated carbocycles. The van der Waals surface area contributed by atoms with Gasteiger partial charge in [0.1, 0.15) is 17.7 Å². The topological polar surface area (TPSA) is 97.9 Å². The van der Waals surface area contributed by atoms with Crippen LogP contribution in [0.3, 0.4) is 0 Å². The first kappa shape index (κ1) is 24.7. The summed E-state index contributed by atoms with van der Waals surface area (Å²) in [4.78, 5) is 29.0. The Morgan fingerprint density at radius 1 is 0.897 bits per heavy atom. The van der Waals surface area contributed by atoms with Crippen LogP contribution in [0, 0.1) is 0 Å². The van der Waals surface area contributed by atoms with E-state index >= 15 is 0 Å². The third-order valence-corrected chi connectivity index (χ3v) is 4.49. The Morgan fingerprint density at radius 2 is 1.31 bits per heavy atom. The van der Waals surface area contributed by atoms with Crippen LogP contribution in [0.15, 0.2) is 48.5 Å². The number of H-pyrrole nitrogens is 2. The van der Waals surface area contributed by atoms with Crippen LogP contribution < -0.4 is 0 Å². The second kappa shape index (κ2) is 10.5. The number of halogens is 3. The van der Waals surface area contributed by atoms with Crippen molar-refractivity contribution in [3.05, 3.63) is 60.2 Å². The minimum atomic E-state index is -0.878. The van der Waals surface area contributed by atoms with Gasteiger partial charge in [0.15, 0.2) is 0 Å². The maximum atomic E-state index is 11.6. The number of carbonyl (C=O) groups is 1. The average molecular weight is 459 g/mol. The SMILES string of the molecule is CC(C(=O)O)N(Cc1nc2ccccc2[nH]1)Cc1nc2ccccc2[nH]1.Cl.Cl.Cl. The molecule has 2 heterocycles. The lowest BCUT2D eigenvalue weighted by atomic mass is 10.2. The molecule has 2 aromatic carbocycles. The quantitative estimate of drug-likeness (QED) is 0.403. The second-order valence-electron chi connectivity index (χ2n) is 6.32. The average Bonchev–Trinajstić information content (AvgIpc) is 3.22. The van der Waals surface area contributed by atoms with Crippen molar-refractivity contribution in [1.29, 1.82) is 0 Å². The molecule has 156 valence electrons. The molecule has 0 aliphatic rings. The van der Waals surface area contributed by atoms with Crippen molar-refractivity contribution >= 4 is 65.3 Å². The molecular weight excluding hydrogens is 437 g/mol. The number of fused-ring (bicyclic) bond motifs is 2. The van der Waals surface area contributed by atoms with Crippen molar-refractivity contribution in [3.63, 3.8) is 0 Å². The molecule has 0 bridgehead atoms. The lowest BCUT2D eigenvalue weighted by Crippen LogP contribution is -2.38. The molecule has 2 aromatic heterocycles. The third kappa shape index (κ3) is 5.39. The van der Waals surface area contributed by atoms with E-state index in [1.807, 2.05) is 53.4 Å². The number of carboxylic acid groups (broad SMARTS) is 1. The fourth-order valence-corrected chi connectivity index (χ4v) is 3.03. The van der Waals surface area contributed by atoms with Gasteiger partial charge in [-0.25, -0.2) is 9.97 Å². The number of nitrogens with zero attached hydrogens (tertiary/aromatic N) is 3. The van der Waals surface area contributed by atoms with Gasteiger partial charge in [0.05, 0.1) is 35.2 Å². The van der Waals surface area contributed by atoms with E-state index in [0.29, 0.717) is 13.1 Å². The number of aromatic nitrogens is 4. The Labute approximate surface area is 186 Å². The molecule has 4 rings (SSSR count). The molecule has 1 unspecified atom stereocenters. The van der Waals surface area contributed by atoms with Crippen LogP contribution in [0.2, 0.25) is 0 Å². The summed E-state index contributed by atoms with van der Waals surface area (Å²) >= 11 is 0. The third-order valence-electron chi connectivity index (χ3n) is 4.49.